The molecule has 0 aliphatic carbocycles. The summed E-state index contributed by atoms with van der Waals surface area (Å²) in [5.41, 5.74) is 3.03. The first kappa shape index (κ1) is 20.8. The first-order valence-electron chi connectivity index (χ1n) is 9.94. The van der Waals surface area contributed by atoms with Crippen molar-refractivity contribution in [3.8, 4) is 11.5 Å². The normalized spacial score (nSPS) is 12.6. The Labute approximate surface area is 172 Å². The van der Waals surface area contributed by atoms with Crippen LogP contribution in [0.5, 0.6) is 0 Å². The molecule has 0 unspecified atom stereocenters. The molecule has 0 amide bonds. The summed E-state index contributed by atoms with van der Waals surface area (Å²) in [6.07, 6.45) is 1.05. The van der Waals surface area contributed by atoms with E-state index in [1.54, 1.807) is 0 Å². The lowest BCUT2D eigenvalue weighted by atomic mass is 9.85. The third kappa shape index (κ3) is 6.01. The van der Waals surface area contributed by atoms with E-state index in [1.807, 2.05) is 49.4 Å². The molecule has 1 heterocycles. The summed E-state index contributed by atoms with van der Waals surface area (Å²) in [6.45, 7) is 8.27. The van der Waals surface area contributed by atoms with Gasteiger partial charge in [-0.2, -0.15) is 0 Å². The SMILES string of the molecule is Cc1ccc(-c2nnc(CCC(=O)O[C@H](Cc3ccccc3)C(C)(C)C)o2)cc1. The summed E-state index contributed by atoms with van der Waals surface area (Å²) >= 11 is 0. The molecule has 0 saturated heterocycles. The Morgan fingerprint density at radius 3 is 2.38 bits per heavy atom. The van der Waals surface area contributed by atoms with Gasteiger partial charge in [0.25, 0.3) is 0 Å². The maximum absolute atomic E-state index is 12.5. The molecule has 3 aromatic rings. The van der Waals surface area contributed by atoms with Crippen molar-refractivity contribution >= 4 is 5.97 Å². The van der Waals surface area contributed by atoms with Crippen LogP contribution >= 0.6 is 0 Å². The number of rotatable bonds is 7. The zero-order valence-electron chi connectivity index (χ0n) is 17.5. The second kappa shape index (κ2) is 9.03. The molecule has 152 valence electrons. The van der Waals surface area contributed by atoms with Crippen LogP contribution in [0.15, 0.2) is 59.0 Å². The van der Waals surface area contributed by atoms with Crippen LogP contribution < -0.4 is 0 Å². The van der Waals surface area contributed by atoms with Crippen molar-refractivity contribution in [2.75, 3.05) is 0 Å². The Kier molecular flexibility index (Phi) is 6.47. The molecule has 29 heavy (non-hydrogen) atoms. The predicted octanol–water partition coefficient (Wildman–Crippen LogP) is 5.18. The van der Waals surface area contributed by atoms with Crippen LogP contribution in [0.3, 0.4) is 0 Å². The second-order valence-corrected chi connectivity index (χ2v) is 8.40. The third-order valence-electron chi connectivity index (χ3n) is 4.81. The van der Waals surface area contributed by atoms with Crippen LogP contribution in [0.25, 0.3) is 11.5 Å². The number of carbonyl (C=O) groups is 1. The molecule has 0 fully saturated rings. The lowest BCUT2D eigenvalue weighted by Gasteiger charge is -2.30. The predicted molar refractivity (Wildman–Crippen MR) is 112 cm³/mol. The number of nitrogens with zero attached hydrogens (tertiary/aromatic N) is 2. The van der Waals surface area contributed by atoms with Crippen LogP contribution in [-0.2, 0) is 22.4 Å². The number of aryl methyl sites for hydroxylation is 2. The smallest absolute Gasteiger partial charge is 0.306 e. The molecule has 0 aliphatic rings. The van der Waals surface area contributed by atoms with Gasteiger partial charge in [-0.15, -0.1) is 10.2 Å². The van der Waals surface area contributed by atoms with Crippen molar-refractivity contribution in [3.05, 3.63) is 71.6 Å². The van der Waals surface area contributed by atoms with E-state index in [2.05, 4.69) is 43.1 Å². The molecule has 0 radical (unpaired) electrons. The van der Waals surface area contributed by atoms with Crippen LogP contribution in [0, 0.1) is 12.3 Å². The van der Waals surface area contributed by atoms with E-state index in [0.717, 1.165) is 11.1 Å². The van der Waals surface area contributed by atoms with E-state index in [0.29, 0.717) is 24.6 Å². The molecule has 0 N–H and O–H groups in total. The summed E-state index contributed by atoms with van der Waals surface area (Å²) in [5.74, 6) is 0.647. The quantitative estimate of drug-likeness (QED) is 0.519. The van der Waals surface area contributed by atoms with E-state index in [1.165, 1.54) is 5.56 Å². The summed E-state index contributed by atoms with van der Waals surface area (Å²) in [4.78, 5) is 12.5. The number of esters is 1. The third-order valence-corrected chi connectivity index (χ3v) is 4.81. The standard InChI is InChI=1S/C24H28N2O3/c1-17-10-12-19(13-11-17)23-26-25-21(29-23)14-15-22(27)28-20(24(2,3)4)16-18-8-6-5-7-9-18/h5-13,20H,14-16H2,1-4H3/t20-/m1/s1. The highest BCUT2D eigenvalue weighted by Gasteiger charge is 2.28. The Morgan fingerprint density at radius 1 is 1.03 bits per heavy atom. The summed E-state index contributed by atoms with van der Waals surface area (Å²) in [6, 6.07) is 18.0. The molecule has 1 atom stereocenters. The lowest BCUT2D eigenvalue weighted by Crippen LogP contribution is -2.33. The minimum Gasteiger partial charge on any atom is -0.461 e. The van der Waals surface area contributed by atoms with Gasteiger partial charge in [-0.05, 0) is 30.0 Å². The van der Waals surface area contributed by atoms with Gasteiger partial charge in [0.1, 0.15) is 6.10 Å². The highest BCUT2D eigenvalue weighted by molar-refractivity contribution is 5.69. The zero-order chi connectivity index (χ0) is 20.9. The number of benzene rings is 2. The Morgan fingerprint density at radius 2 is 1.72 bits per heavy atom. The average Bonchev–Trinajstić information content (AvgIpc) is 3.16. The molecular weight excluding hydrogens is 364 g/mol. The van der Waals surface area contributed by atoms with E-state index in [-0.39, 0.29) is 23.9 Å². The van der Waals surface area contributed by atoms with Crippen molar-refractivity contribution in [3.63, 3.8) is 0 Å². The minimum absolute atomic E-state index is 0.158. The molecule has 2 aromatic carbocycles. The first-order valence-corrected chi connectivity index (χ1v) is 9.94. The van der Waals surface area contributed by atoms with Crippen molar-refractivity contribution in [1.82, 2.24) is 10.2 Å². The number of hydrogen-bond donors (Lipinski definition) is 0. The fourth-order valence-corrected chi connectivity index (χ4v) is 2.95. The first-order chi connectivity index (χ1) is 13.8. The van der Waals surface area contributed by atoms with E-state index in [4.69, 9.17) is 9.15 Å². The van der Waals surface area contributed by atoms with Gasteiger partial charge < -0.3 is 9.15 Å². The van der Waals surface area contributed by atoms with Crippen molar-refractivity contribution in [1.29, 1.82) is 0 Å². The minimum atomic E-state index is -0.254. The highest BCUT2D eigenvalue weighted by Crippen LogP contribution is 2.26. The van der Waals surface area contributed by atoms with Gasteiger partial charge in [-0.1, -0.05) is 68.8 Å². The highest BCUT2D eigenvalue weighted by atomic mass is 16.5. The summed E-state index contributed by atoms with van der Waals surface area (Å²) in [5, 5.41) is 8.14. The second-order valence-electron chi connectivity index (χ2n) is 8.40. The Balaban J connectivity index is 1.57. The summed E-state index contributed by atoms with van der Waals surface area (Å²) < 4.78 is 11.5. The van der Waals surface area contributed by atoms with Gasteiger partial charge in [0.2, 0.25) is 11.8 Å². The van der Waals surface area contributed by atoms with Gasteiger partial charge in [-0.25, -0.2) is 0 Å². The molecular formula is C24H28N2O3. The van der Waals surface area contributed by atoms with Crippen molar-refractivity contribution < 1.29 is 13.9 Å². The van der Waals surface area contributed by atoms with Gasteiger partial charge in [-0.3, -0.25) is 4.79 Å². The van der Waals surface area contributed by atoms with Crippen molar-refractivity contribution in [2.24, 2.45) is 5.41 Å². The molecule has 5 nitrogen and oxygen atoms in total. The Bertz CT molecular complexity index is 925. The zero-order valence-corrected chi connectivity index (χ0v) is 17.5. The number of carbonyl (C=O) groups excluding carboxylic acids is 1. The van der Waals surface area contributed by atoms with Gasteiger partial charge in [0.05, 0.1) is 6.42 Å². The van der Waals surface area contributed by atoms with E-state index >= 15 is 0 Å². The van der Waals surface area contributed by atoms with Gasteiger partial charge in [0.15, 0.2) is 0 Å². The number of ether oxygens (including phenoxy) is 1. The molecule has 0 saturated carbocycles. The molecule has 0 spiro atoms. The van der Waals surface area contributed by atoms with Crippen LogP contribution in [0.4, 0.5) is 0 Å². The van der Waals surface area contributed by atoms with E-state index in [9.17, 15) is 4.79 Å². The maximum Gasteiger partial charge on any atom is 0.306 e. The van der Waals surface area contributed by atoms with E-state index < -0.39 is 0 Å². The Hall–Kier alpha value is -2.95. The largest absolute Gasteiger partial charge is 0.461 e. The fraction of sp³-hybridized carbons (Fsp3) is 0.375. The van der Waals surface area contributed by atoms with Gasteiger partial charge >= 0.3 is 5.97 Å². The van der Waals surface area contributed by atoms with Crippen LogP contribution in [0.2, 0.25) is 0 Å². The fourth-order valence-electron chi connectivity index (χ4n) is 2.95. The molecule has 0 aliphatic heterocycles. The summed E-state index contributed by atoms with van der Waals surface area (Å²) in [7, 11) is 0. The van der Waals surface area contributed by atoms with Crippen LogP contribution in [-0.4, -0.2) is 22.3 Å². The molecule has 0 bridgehead atoms. The molecule has 5 heteroatoms. The lowest BCUT2D eigenvalue weighted by molar-refractivity contribution is -0.154. The van der Waals surface area contributed by atoms with Crippen molar-refractivity contribution in [2.45, 2.75) is 53.1 Å². The molecule has 1 aromatic heterocycles. The topological polar surface area (TPSA) is 65.2 Å². The average molecular weight is 392 g/mol. The molecule has 3 rings (SSSR count). The van der Waals surface area contributed by atoms with Crippen LogP contribution in [0.1, 0.15) is 44.2 Å². The number of hydrogen-bond acceptors (Lipinski definition) is 5. The van der Waals surface area contributed by atoms with Gasteiger partial charge in [0, 0.05) is 18.4 Å². The number of aromatic nitrogens is 2. The maximum atomic E-state index is 12.5. The monoisotopic (exact) mass is 392 g/mol.